The van der Waals surface area contributed by atoms with Gasteiger partial charge in [-0.1, -0.05) is 0 Å². The van der Waals surface area contributed by atoms with Crippen molar-refractivity contribution < 1.29 is 19.1 Å². The summed E-state index contributed by atoms with van der Waals surface area (Å²) < 4.78 is 4.60. The highest BCUT2D eigenvalue weighted by molar-refractivity contribution is 6.01. The smallest absolute Gasteiger partial charge is 0.332 e. The van der Waals surface area contributed by atoms with Gasteiger partial charge in [-0.2, -0.15) is 0 Å². The fourth-order valence-corrected chi connectivity index (χ4v) is 1.14. The molecule has 7 nitrogen and oxygen atoms in total. The maximum atomic E-state index is 11.4. The van der Waals surface area contributed by atoms with E-state index in [1.807, 2.05) is 13.8 Å². The number of nitrogens with two attached hydrogens (primary N) is 1. The Morgan fingerprint density at radius 3 is 2.39 bits per heavy atom. The minimum absolute atomic E-state index is 0.0509. The zero-order valence-corrected chi connectivity index (χ0v) is 11.0. The summed E-state index contributed by atoms with van der Waals surface area (Å²) in [7, 11) is 0. The molecule has 0 saturated carbocycles. The van der Waals surface area contributed by atoms with Crippen molar-refractivity contribution in [2.24, 2.45) is 5.73 Å². The highest BCUT2D eigenvalue weighted by Crippen LogP contribution is 1.87. The van der Waals surface area contributed by atoms with Gasteiger partial charge in [0.2, 0.25) is 11.8 Å². The first-order valence-corrected chi connectivity index (χ1v) is 5.87. The van der Waals surface area contributed by atoms with E-state index in [1.54, 1.807) is 6.92 Å². The number of nitrogens with one attached hydrogen (secondary N) is 2. The summed E-state index contributed by atoms with van der Waals surface area (Å²) in [5.41, 5.74) is 5.36. The quantitative estimate of drug-likeness (QED) is 0.397. The summed E-state index contributed by atoms with van der Waals surface area (Å²) in [4.78, 5) is 33.8. The number of rotatable bonds is 7. The molecule has 0 radical (unpaired) electrons. The molecule has 2 amide bonds. The first kappa shape index (κ1) is 16.4. The van der Waals surface area contributed by atoms with Gasteiger partial charge in [0.05, 0.1) is 6.61 Å². The lowest BCUT2D eigenvalue weighted by molar-refractivity contribution is -0.147. The minimum Gasteiger partial charge on any atom is -0.464 e. The van der Waals surface area contributed by atoms with Crippen molar-refractivity contribution in [2.45, 2.75) is 39.3 Å². The number of hydrogen-bond acceptors (Lipinski definition) is 5. The largest absolute Gasteiger partial charge is 0.464 e. The van der Waals surface area contributed by atoms with Crippen molar-refractivity contribution in [1.82, 2.24) is 10.6 Å². The Kier molecular flexibility index (Phi) is 7.69. The second-order valence-corrected chi connectivity index (χ2v) is 3.99. The van der Waals surface area contributed by atoms with Crippen molar-refractivity contribution in [3.8, 4) is 0 Å². The van der Waals surface area contributed by atoms with Gasteiger partial charge in [0.25, 0.3) is 0 Å². The maximum absolute atomic E-state index is 11.4. The zero-order chi connectivity index (χ0) is 14.1. The predicted octanol–water partition coefficient (Wildman–Crippen LogP) is -1.09. The molecular weight excluding hydrogens is 238 g/mol. The molecule has 0 aliphatic heterocycles. The van der Waals surface area contributed by atoms with Crippen LogP contribution in [0.1, 0.15) is 27.2 Å². The van der Waals surface area contributed by atoms with Gasteiger partial charge in [-0.05, 0) is 20.8 Å². The van der Waals surface area contributed by atoms with Gasteiger partial charge in [-0.15, -0.1) is 0 Å². The molecule has 4 N–H and O–H groups in total. The number of carbonyl (C=O) groups excluding carboxylic acids is 3. The molecule has 0 heterocycles. The van der Waals surface area contributed by atoms with Crippen LogP contribution in [0, 0.1) is 0 Å². The lowest BCUT2D eigenvalue weighted by Crippen LogP contribution is -2.47. The van der Waals surface area contributed by atoms with Crippen LogP contribution in [0.25, 0.3) is 0 Å². The molecule has 18 heavy (non-hydrogen) atoms. The molecule has 7 heteroatoms. The Bertz CT molecular complexity index is 305. The third-order valence-corrected chi connectivity index (χ3v) is 1.92. The van der Waals surface area contributed by atoms with E-state index in [4.69, 9.17) is 5.73 Å². The van der Waals surface area contributed by atoms with Crippen LogP contribution in [0.15, 0.2) is 0 Å². The molecule has 0 spiro atoms. The molecule has 0 aromatic rings. The second-order valence-electron chi connectivity index (χ2n) is 3.99. The van der Waals surface area contributed by atoms with E-state index in [0.717, 1.165) is 0 Å². The predicted molar refractivity (Wildman–Crippen MR) is 65.5 cm³/mol. The first-order chi connectivity index (χ1) is 8.38. The average Bonchev–Trinajstić information content (AvgIpc) is 2.27. The second kappa shape index (κ2) is 8.46. The molecule has 0 saturated heterocycles. The van der Waals surface area contributed by atoms with Crippen LogP contribution in [0.5, 0.6) is 0 Å². The fourth-order valence-electron chi connectivity index (χ4n) is 1.14. The third kappa shape index (κ3) is 6.85. The van der Waals surface area contributed by atoms with Crippen molar-refractivity contribution in [3.63, 3.8) is 0 Å². The Morgan fingerprint density at radius 1 is 1.28 bits per heavy atom. The molecule has 0 aliphatic carbocycles. The first-order valence-electron chi connectivity index (χ1n) is 5.87. The lowest BCUT2D eigenvalue weighted by Gasteiger charge is -2.12. The number of ether oxygens (including phenoxy) is 1. The van der Waals surface area contributed by atoms with Crippen molar-refractivity contribution in [3.05, 3.63) is 0 Å². The number of hydrogen-bond donors (Lipinski definition) is 3. The topological polar surface area (TPSA) is 111 Å². The average molecular weight is 259 g/mol. The Morgan fingerprint density at radius 2 is 1.89 bits per heavy atom. The molecule has 0 fully saturated rings. The molecular formula is C11H21N3O4. The van der Waals surface area contributed by atoms with Crippen molar-refractivity contribution >= 4 is 17.8 Å². The summed E-state index contributed by atoms with van der Waals surface area (Å²) in [5, 5.41) is 5.08. The monoisotopic (exact) mass is 259 g/mol. The highest BCUT2D eigenvalue weighted by atomic mass is 16.5. The van der Waals surface area contributed by atoms with Crippen LogP contribution < -0.4 is 16.4 Å². The lowest BCUT2D eigenvalue weighted by atomic mass is 10.3. The van der Waals surface area contributed by atoms with Gasteiger partial charge >= 0.3 is 5.97 Å². The van der Waals surface area contributed by atoms with Gasteiger partial charge in [0, 0.05) is 19.0 Å². The van der Waals surface area contributed by atoms with Crippen LogP contribution in [-0.4, -0.2) is 43.0 Å². The summed E-state index contributed by atoms with van der Waals surface area (Å²) in [6, 6.07) is -1.30. The summed E-state index contributed by atoms with van der Waals surface area (Å²) in [5.74, 6) is -1.59. The van der Waals surface area contributed by atoms with E-state index in [0.29, 0.717) is 0 Å². The SMILES string of the molecule is CCOC(=O)C(N)C(=O)NCCC(=O)NC(C)C. The highest BCUT2D eigenvalue weighted by Gasteiger charge is 2.22. The van der Waals surface area contributed by atoms with Gasteiger partial charge in [-0.25, -0.2) is 4.79 Å². The molecule has 1 atom stereocenters. The van der Waals surface area contributed by atoms with E-state index >= 15 is 0 Å². The molecule has 0 aromatic carbocycles. The van der Waals surface area contributed by atoms with E-state index < -0.39 is 17.9 Å². The van der Waals surface area contributed by atoms with Crippen LogP contribution in [0.4, 0.5) is 0 Å². The fraction of sp³-hybridized carbons (Fsp3) is 0.727. The van der Waals surface area contributed by atoms with Gasteiger partial charge in [0.1, 0.15) is 0 Å². The van der Waals surface area contributed by atoms with E-state index in [-0.39, 0.29) is 31.5 Å². The Balaban J connectivity index is 3.89. The molecule has 0 aliphatic rings. The maximum Gasteiger partial charge on any atom is 0.332 e. The summed E-state index contributed by atoms with van der Waals surface area (Å²) in [6.07, 6.45) is 0.138. The molecule has 104 valence electrons. The van der Waals surface area contributed by atoms with Crippen molar-refractivity contribution in [1.29, 1.82) is 0 Å². The van der Waals surface area contributed by atoms with E-state index in [2.05, 4.69) is 15.4 Å². The standard InChI is InChI=1S/C11H21N3O4/c1-4-18-11(17)9(12)10(16)13-6-5-8(15)14-7(2)3/h7,9H,4-6,12H2,1-3H3,(H,13,16)(H,14,15). The summed E-state index contributed by atoms with van der Waals surface area (Å²) >= 11 is 0. The van der Waals surface area contributed by atoms with Gasteiger partial charge in [-0.3, -0.25) is 9.59 Å². The normalized spacial score (nSPS) is 11.8. The minimum atomic E-state index is -1.35. The Hall–Kier alpha value is -1.63. The van der Waals surface area contributed by atoms with Crippen LogP contribution >= 0.6 is 0 Å². The van der Waals surface area contributed by atoms with Crippen LogP contribution in [0.3, 0.4) is 0 Å². The van der Waals surface area contributed by atoms with Crippen LogP contribution in [-0.2, 0) is 19.1 Å². The molecule has 1 unspecified atom stereocenters. The van der Waals surface area contributed by atoms with E-state index in [9.17, 15) is 14.4 Å². The number of carbonyl (C=O) groups is 3. The molecule has 0 aromatic heterocycles. The Labute approximate surface area is 106 Å². The van der Waals surface area contributed by atoms with Gasteiger partial charge < -0.3 is 21.1 Å². The number of amides is 2. The summed E-state index contributed by atoms with van der Waals surface area (Å²) in [6.45, 7) is 5.60. The number of esters is 1. The van der Waals surface area contributed by atoms with Gasteiger partial charge in [0.15, 0.2) is 6.04 Å². The molecule has 0 rings (SSSR count). The zero-order valence-electron chi connectivity index (χ0n) is 11.0. The third-order valence-electron chi connectivity index (χ3n) is 1.92. The molecule has 0 bridgehead atoms. The van der Waals surface area contributed by atoms with E-state index in [1.165, 1.54) is 0 Å². The van der Waals surface area contributed by atoms with Crippen LogP contribution in [0.2, 0.25) is 0 Å². The van der Waals surface area contributed by atoms with Crippen molar-refractivity contribution in [2.75, 3.05) is 13.2 Å².